The number of hydrogen-bond acceptors (Lipinski definition) is 7. The average molecular weight is 403 g/mol. The van der Waals surface area contributed by atoms with Crippen LogP contribution in [0, 0.1) is 10.1 Å². The van der Waals surface area contributed by atoms with E-state index in [1.54, 1.807) is 24.3 Å². The summed E-state index contributed by atoms with van der Waals surface area (Å²) in [6.07, 6.45) is 0. The molecular formula is C17H17N5O3S2. The van der Waals surface area contributed by atoms with E-state index in [9.17, 15) is 14.9 Å². The summed E-state index contributed by atoms with van der Waals surface area (Å²) in [6.45, 7) is 4.44. The van der Waals surface area contributed by atoms with Gasteiger partial charge in [0, 0.05) is 24.4 Å². The number of carbonyl (C=O) groups is 1. The first-order chi connectivity index (χ1) is 13.0. The SMILES string of the molecule is CCn1c(SC(C)C(=O)Nc2cccc([N+](=O)[O-])c2)nnc1-c1cccs1. The fraction of sp³-hybridized carbons (Fsp3) is 0.235. The third-order valence-corrected chi connectivity index (χ3v) is 5.70. The van der Waals surface area contributed by atoms with Gasteiger partial charge in [0.25, 0.3) is 5.69 Å². The van der Waals surface area contributed by atoms with Gasteiger partial charge in [0.1, 0.15) is 0 Å². The van der Waals surface area contributed by atoms with Gasteiger partial charge in [0.15, 0.2) is 11.0 Å². The molecule has 1 aromatic carbocycles. The van der Waals surface area contributed by atoms with Crippen molar-refractivity contribution < 1.29 is 9.72 Å². The molecule has 0 spiro atoms. The molecule has 140 valence electrons. The number of aromatic nitrogens is 3. The van der Waals surface area contributed by atoms with Gasteiger partial charge in [-0.15, -0.1) is 21.5 Å². The number of amides is 1. The first-order valence-electron chi connectivity index (χ1n) is 8.18. The summed E-state index contributed by atoms with van der Waals surface area (Å²) in [5.74, 6) is 0.519. The van der Waals surface area contributed by atoms with Crippen LogP contribution in [0.25, 0.3) is 10.7 Å². The number of rotatable bonds is 7. The Labute approximate surface area is 163 Å². The first kappa shape index (κ1) is 19.1. The molecule has 0 aliphatic rings. The van der Waals surface area contributed by atoms with E-state index in [1.165, 1.54) is 30.0 Å². The second-order valence-electron chi connectivity index (χ2n) is 5.58. The number of anilines is 1. The van der Waals surface area contributed by atoms with Gasteiger partial charge in [0.2, 0.25) is 5.91 Å². The molecule has 0 fully saturated rings. The van der Waals surface area contributed by atoms with Crippen LogP contribution in [0.4, 0.5) is 11.4 Å². The summed E-state index contributed by atoms with van der Waals surface area (Å²) in [4.78, 5) is 23.9. The zero-order chi connectivity index (χ0) is 19.4. The second-order valence-corrected chi connectivity index (χ2v) is 7.84. The van der Waals surface area contributed by atoms with Crippen LogP contribution in [-0.2, 0) is 11.3 Å². The molecule has 1 N–H and O–H groups in total. The minimum atomic E-state index is -0.496. The van der Waals surface area contributed by atoms with E-state index in [1.807, 2.05) is 29.0 Å². The van der Waals surface area contributed by atoms with Crippen LogP contribution >= 0.6 is 23.1 Å². The number of nitrogens with one attached hydrogen (secondary N) is 1. The second kappa shape index (κ2) is 8.31. The molecule has 8 nitrogen and oxygen atoms in total. The van der Waals surface area contributed by atoms with Crippen molar-refractivity contribution in [3.8, 4) is 10.7 Å². The predicted molar refractivity (Wildman–Crippen MR) is 106 cm³/mol. The van der Waals surface area contributed by atoms with Crippen LogP contribution in [0.3, 0.4) is 0 Å². The molecule has 10 heteroatoms. The van der Waals surface area contributed by atoms with Crippen molar-refractivity contribution >= 4 is 40.4 Å². The minimum absolute atomic E-state index is 0.0700. The lowest BCUT2D eigenvalue weighted by Gasteiger charge is -2.12. The molecule has 0 bridgehead atoms. The largest absolute Gasteiger partial charge is 0.325 e. The number of nitro benzene ring substituents is 1. The van der Waals surface area contributed by atoms with Gasteiger partial charge in [-0.05, 0) is 31.4 Å². The molecule has 3 aromatic rings. The Morgan fingerprint density at radius 1 is 1.37 bits per heavy atom. The van der Waals surface area contributed by atoms with Crippen LogP contribution in [0.2, 0.25) is 0 Å². The highest BCUT2D eigenvalue weighted by Crippen LogP contribution is 2.29. The fourth-order valence-electron chi connectivity index (χ4n) is 2.40. The molecule has 0 aliphatic heterocycles. The number of nitrogens with zero attached hydrogens (tertiary/aromatic N) is 4. The Kier molecular flexibility index (Phi) is 5.87. The molecule has 27 heavy (non-hydrogen) atoms. The maximum Gasteiger partial charge on any atom is 0.271 e. The molecule has 2 heterocycles. The molecule has 1 atom stereocenters. The highest BCUT2D eigenvalue weighted by molar-refractivity contribution is 8.00. The van der Waals surface area contributed by atoms with Crippen molar-refractivity contribution in [3.63, 3.8) is 0 Å². The average Bonchev–Trinajstić information content (AvgIpc) is 3.31. The van der Waals surface area contributed by atoms with Gasteiger partial charge < -0.3 is 9.88 Å². The van der Waals surface area contributed by atoms with E-state index in [-0.39, 0.29) is 11.6 Å². The van der Waals surface area contributed by atoms with Crippen molar-refractivity contribution in [2.24, 2.45) is 0 Å². The lowest BCUT2D eigenvalue weighted by atomic mass is 10.2. The topological polar surface area (TPSA) is 103 Å². The van der Waals surface area contributed by atoms with Crippen LogP contribution in [0.5, 0.6) is 0 Å². The number of thioether (sulfide) groups is 1. The molecule has 0 saturated heterocycles. The number of hydrogen-bond donors (Lipinski definition) is 1. The fourth-order valence-corrected chi connectivity index (χ4v) is 4.03. The summed E-state index contributed by atoms with van der Waals surface area (Å²) in [5.41, 5.74) is 0.317. The number of non-ortho nitro benzene ring substituents is 1. The Balaban J connectivity index is 1.72. The molecule has 3 rings (SSSR count). The Morgan fingerprint density at radius 3 is 2.85 bits per heavy atom. The molecular weight excluding hydrogens is 386 g/mol. The number of benzene rings is 1. The van der Waals surface area contributed by atoms with E-state index < -0.39 is 10.2 Å². The molecule has 0 radical (unpaired) electrons. The number of nitro groups is 1. The standard InChI is InChI=1S/C17H17N5O3S2/c1-3-21-15(14-8-5-9-26-14)19-20-17(21)27-11(2)16(23)18-12-6-4-7-13(10-12)22(24)25/h4-11H,3H2,1-2H3,(H,18,23). The lowest BCUT2D eigenvalue weighted by molar-refractivity contribution is -0.384. The van der Waals surface area contributed by atoms with Crippen LogP contribution in [-0.4, -0.2) is 30.8 Å². The van der Waals surface area contributed by atoms with Gasteiger partial charge in [-0.3, -0.25) is 14.9 Å². The highest BCUT2D eigenvalue weighted by Gasteiger charge is 2.21. The van der Waals surface area contributed by atoms with Gasteiger partial charge in [0.05, 0.1) is 15.1 Å². The van der Waals surface area contributed by atoms with Gasteiger partial charge >= 0.3 is 0 Å². The smallest absolute Gasteiger partial charge is 0.271 e. The number of carbonyl (C=O) groups excluding carboxylic acids is 1. The summed E-state index contributed by atoms with van der Waals surface area (Å²) < 4.78 is 1.97. The number of thiophene rings is 1. The molecule has 1 unspecified atom stereocenters. The summed E-state index contributed by atoms with van der Waals surface area (Å²) in [5, 5.41) is 24.2. The van der Waals surface area contributed by atoms with Crippen molar-refractivity contribution in [2.75, 3.05) is 5.32 Å². The zero-order valence-corrected chi connectivity index (χ0v) is 16.3. The maximum absolute atomic E-state index is 12.5. The third-order valence-electron chi connectivity index (χ3n) is 3.75. The minimum Gasteiger partial charge on any atom is -0.325 e. The van der Waals surface area contributed by atoms with Crippen LogP contribution in [0.1, 0.15) is 13.8 Å². The van der Waals surface area contributed by atoms with Crippen molar-refractivity contribution in [1.82, 2.24) is 14.8 Å². The van der Waals surface area contributed by atoms with Crippen LogP contribution < -0.4 is 5.32 Å². The summed E-state index contributed by atoms with van der Waals surface area (Å²) >= 11 is 2.88. The zero-order valence-electron chi connectivity index (χ0n) is 14.7. The van der Waals surface area contributed by atoms with Gasteiger partial charge in [-0.2, -0.15) is 0 Å². The van der Waals surface area contributed by atoms with E-state index in [0.717, 1.165) is 10.7 Å². The van der Waals surface area contributed by atoms with E-state index >= 15 is 0 Å². The van der Waals surface area contributed by atoms with Gasteiger partial charge in [-0.25, -0.2) is 0 Å². The monoisotopic (exact) mass is 403 g/mol. The van der Waals surface area contributed by atoms with Crippen molar-refractivity contribution in [1.29, 1.82) is 0 Å². The highest BCUT2D eigenvalue weighted by atomic mass is 32.2. The van der Waals surface area contributed by atoms with Crippen molar-refractivity contribution in [2.45, 2.75) is 30.8 Å². The normalized spacial score (nSPS) is 11.9. The quantitative estimate of drug-likeness (QED) is 0.363. The Bertz CT molecular complexity index is 955. The molecule has 2 aromatic heterocycles. The Hall–Kier alpha value is -2.72. The first-order valence-corrected chi connectivity index (χ1v) is 9.94. The molecule has 1 amide bonds. The molecule has 0 saturated carbocycles. The van der Waals surface area contributed by atoms with E-state index in [2.05, 4.69) is 15.5 Å². The summed E-state index contributed by atoms with van der Waals surface area (Å²) in [7, 11) is 0. The predicted octanol–water partition coefficient (Wildman–Crippen LogP) is 4.05. The lowest BCUT2D eigenvalue weighted by Crippen LogP contribution is -2.23. The van der Waals surface area contributed by atoms with E-state index in [0.29, 0.717) is 17.4 Å². The third kappa shape index (κ3) is 4.34. The van der Waals surface area contributed by atoms with Gasteiger partial charge in [-0.1, -0.05) is 23.9 Å². The summed E-state index contributed by atoms with van der Waals surface area (Å²) in [6, 6.07) is 9.80. The molecule has 0 aliphatic carbocycles. The van der Waals surface area contributed by atoms with Crippen molar-refractivity contribution in [3.05, 3.63) is 51.9 Å². The van der Waals surface area contributed by atoms with E-state index in [4.69, 9.17) is 0 Å². The Morgan fingerprint density at radius 2 is 2.19 bits per heavy atom. The van der Waals surface area contributed by atoms with Crippen LogP contribution in [0.15, 0.2) is 46.9 Å². The maximum atomic E-state index is 12.5.